The standard InChI is InChI=1S/C24H22O6/c1-3-28-20-11-7-15(13-22(20)27-2)8-12-23(25)29-16-9-10-18-17-5-4-6-19(17)24(26)30-21(18)14-16/h7-14H,3-6H2,1-2H3/b12-8+. The van der Waals surface area contributed by atoms with Crippen molar-refractivity contribution in [2.24, 2.45) is 0 Å². The molecule has 0 bridgehead atoms. The molecule has 0 aliphatic heterocycles. The smallest absolute Gasteiger partial charge is 0.339 e. The topological polar surface area (TPSA) is 75.0 Å². The third-order valence-corrected chi connectivity index (χ3v) is 5.06. The molecule has 154 valence electrons. The molecule has 4 rings (SSSR count). The van der Waals surface area contributed by atoms with Gasteiger partial charge in [-0.3, -0.25) is 0 Å². The molecule has 0 saturated heterocycles. The normalized spacial score (nSPS) is 12.9. The molecule has 6 nitrogen and oxygen atoms in total. The van der Waals surface area contributed by atoms with E-state index in [0.29, 0.717) is 29.4 Å². The molecule has 2 aromatic carbocycles. The van der Waals surface area contributed by atoms with Gasteiger partial charge in [-0.05, 0) is 67.7 Å². The van der Waals surface area contributed by atoms with E-state index in [0.717, 1.165) is 41.3 Å². The third-order valence-electron chi connectivity index (χ3n) is 5.06. The summed E-state index contributed by atoms with van der Waals surface area (Å²) in [6.07, 6.45) is 5.54. The number of ether oxygens (including phenoxy) is 3. The second-order valence-electron chi connectivity index (χ2n) is 6.96. The maximum atomic E-state index is 12.2. The molecule has 0 radical (unpaired) electrons. The van der Waals surface area contributed by atoms with Gasteiger partial charge < -0.3 is 18.6 Å². The second kappa shape index (κ2) is 8.45. The lowest BCUT2D eigenvalue weighted by molar-refractivity contribution is -0.128. The number of methoxy groups -OCH3 is 1. The maximum absolute atomic E-state index is 12.2. The second-order valence-corrected chi connectivity index (χ2v) is 6.96. The summed E-state index contributed by atoms with van der Waals surface area (Å²) in [6, 6.07) is 10.5. The first kappa shape index (κ1) is 19.8. The van der Waals surface area contributed by atoms with Crippen molar-refractivity contribution >= 4 is 23.0 Å². The molecule has 6 heteroatoms. The Bertz CT molecular complexity index is 1190. The van der Waals surface area contributed by atoms with Crippen molar-refractivity contribution in [3.63, 3.8) is 0 Å². The van der Waals surface area contributed by atoms with Crippen LogP contribution in [-0.4, -0.2) is 19.7 Å². The monoisotopic (exact) mass is 406 g/mol. The number of hydrogen-bond donors (Lipinski definition) is 0. The van der Waals surface area contributed by atoms with E-state index in [-0.39, 0.29) is 5.63 Å². The lowest BCUT2D eigenvalue weighted by Crippen LogP contribution is -2.07. The van der Waals surface area contributed by atoms with Crippen LogP contribution in [0.2, 0.25) is 0 Å². The number of aryl methyl sites for hydroxylation is 1. The van der Waals surface area contributed by atoms with Crippen LogP contribution in [0.25, 0.3) is 17.0 Å². The lowest BCUT2D eigenvalue weighted by atomic mass is 10.1. The van der Waals surface area contributed by atoms with E-state index in [1.165, 1.54) is 6.08 Å². The van der Waals surface area contributed by atoms with Crippen LogP contribution in [0, 0.1) is 0 Å². The number of benzene rings is 2. The van der Waals surface area contributed by atoms with Gasteiger partial charge >= 0.3 is 11.6 Å². The highest BCUT2D eigenvalue weighted by molar-refractivity contribution is 5.90. The highest BCUT2D eigenvalue weighted by Crippen LogP contribution is 2.30. The average Bonchev–Trinajstić information content (AvgIpc) is 3.24. The Morgan fingerprint density at radius 3 is 2.73 bits per heavy atom. The number of carbonyl (C=O) groups excluding carboxylic acids is 1. The predicted molar refractivity (Wildman–Crippen MR) is 113 cm³/mol. The van der Waals surface area contributed by atoms with Crippen molar-refractivity contribution < 1.29 is 23.4 Å². The molecular formula is C24H22O6. The maximum Gasteiger partial charge on any atom is 0.339 e. The molecule has 1 aliphatic rings. The Morgan fingerprint density at radius 2 is 1.93 bits per heavy atom. The molecule has 30 heavy (non-hydrogen) atoms. The zero-order valence-corrected chi connectivity index (χ0v) is 16.9. The molecule has 1 aliphatic carbocycles. The zero-order chi connectivity index (χ0) is 21.1. The number of hydrogen-bond acceptors (Lipinski definition) is 6. The van der Waals surface area contributed by atoms with Crippen LogP contribution < -0.4 is 19.8 Å². The Kier molecular flexibility index (Phi) is 5.57. The van der Waals surface area contributed by atoms with Gasteiger partial charge in [-0.1, -0.05) is 6.07 Å². The first-order valence-corrected chi connectivity index (χ1v) is 9.88. The van der Waals surface area contributed by atoms with Gasteiger partial charge in [0.05, 0.1) is 13.7 Å². The molecule has 0 amide bonds. The van der Waals surface area contributed by atoms with Gasteiger partial charge in [-0.15, -0.1) is 0 Å². The van der Waals surface area contributed by atoms with Gasteiger partial charge in [-0.25, -0.2) is 9.59 Å². The fraction of sp³-hybridized carbons (Fsp3) is 0.250. The van der Waals surface area contributed by atoms with Crippen molar-refractivity contribution in [1.82, 2.24) is 0 Å². The third kappa shape index (κ3) is 3.94. The summed E-state index contributed by atoms with van der Waals surface area (Å²) in [5, 5.41) is 0.902. The van der Waals surface area contributed by atoms with Gasteiger partial charge in [0.25, 0.3) is 0 Å². The highest BCUT2D eigenvalue weighted by atomic mass is 16.5. The van der Waals surface area contributed by atoms with Crippen LogP contribution in [0.1, 0.15) is 30.0 Å². The molecule has 1 heterocycles. The summed E-state index contributed by atoms with van der Waals surface area (Å²) < 4.78 is 21.6. The summed E-state index contributed by atoms with van der Waals surface area (Å²) in [6.45, 7) is 2.43. The molecule has 0 atom stereocenters. The average molecular weight is 406 g/mol. The largest absolute Gasteiger partial charge is 0.493 e. The predicted octanol–water partition coefficient (Wildman–Crippen LogP) is 4.31. The first-order chi connectivity index (χ1) is 14.6. The van der Waals surface area contributed by atoms with Crippen molar-refractivity contribution in [2.75, 3.05) is 13.7 Å². The molecule has 0 saturated carbocycles. The minimum Gasteiger partial charge on any atom is -0.493 e. The Labute approximate surface area is 173 Å². The van der Waals surface area contributed by atoms with Crippen molar-refractivity contribution in [3.8, 4) is 17.2 Å². The molecule has 0 unspecified atom stereocenters. The van der Waals surface area contributed by atoms with Crippen molar-refractivity contribution in [1.29, 1.82) is 0 Å². The van der Waals surface area contributed by atoms with Crippen LogP contribution >= 0.6 is 0 Å². The summed E-state index contributed by atoms with van der Waals surface area (Å²) >= 11 is 0. The highest BCUT2D eigenvalue weighted by Gasteiger charge is 2.19. The van der Waals surface area contributed by atoms with E-state index in [2.05, 4.69) is 0 Å². The van der Waals surface area contributed by atoms with Crippen molar-refractivity contribution in [2.45, 2.75) is 26.2 Å². The minimum absolute atomic E-state index is 0.303. The van der Waals surface area contributed by atoms with Crippen LogP contribution in [0.3, 0.4) is 0 Å². The number of carbonyl (C=O) groups is 1. The molecule has 0 spiro atoms. The van der Waals surface area contributed by atoms with Crippen LogP contribution in [0.5, 0.6) is 17.2 Å². The van der Waals surface area contributed by atoms with Gasteiger partial charge in [0.1, 0.15) is 11.3 Å². The fourth-order valence-corrected chi connectivity index (χ4v) is 3.70. The van der Waals surface area contributed by atoms with E-state index >= 15 is 0 Å². The molecule has 0 fully saturated rings. The zero-order valence-electron chi connectivity index (χ0n) is 16.9. The summed E-state index contributed by atoms with van der Waals surface area (Å²) in [7, 11) is 1.56. The Morgan fingerprint density at radius 1 is 1.10 bits per heavy atom. The van der Waals surface area contributed by atoms with E-state index in [4.69, 9.17) is 18.6 Å². The summed E-state index contributed by atoms with van der Waals surface area (Å²) in [5.74, 6) is 1.02. The van der Waals surface area contributed by atoms with E-state index in [1.54, 1.807) is 37.5 Å². The summed E-state index contributed by atoms with van der Waals surface area (Å²) in [4.78, 5) is 24.4. The van der Waals surface area contributed by atoms with Crippen LogP contribution in [0.15, 0.2) is 51.7 Å². The number of fused-ring (bicyclic) bond motifs is 3. The molecular weight excluding hydrogens is 384 g/mol. The number of esters is 1. The first-order valence-electron chi connectivity index (χ1n) is 9.88. The fourth-order valence-electron chi connectivity index (χ4n) is 3.70. The molecule has 1 aromatic heterocycles. The SMILES string of the molecule is CCOc1ccc(/C=C/C(=O)Oc2ccc3c4c(c(=O)oc3c2)CCC4)cc1OC. The number of rotatable bonds is 6. The quantitative estimate of drug-likeness (QED) is 0.263. The van der Waals surface area contributed by atoms with E-state index in [9.17, 15) is 9.59 Å². The van der Waals surface area contributed by atoms with Crippen LogP contribution in [0.4, 0.5) is 0 Å². The van der Waals surface area contributed by atoms with Crippen molar-refractivity contribution in [3.05, 3.63) is 69.6 Å². The van der Waals surface area contributed by atoms with Crippen LogP contribution in [-0.2, 0) is 17.6 Å². The van der Waals surface area contributed by atoms with Gasteiger partial charge in [0.2, 0.25) is 0 Å². The summed E-state index contributed by atoms with van der Waals surface area (Å²) in [5.41, 5.74) is 2.71. The molecule has 3 aromatic rings. The molecule has 0 N–H and O–H groups in total. The minimum atomic E-state index is -0.536. The van der Waals surface area contributed by atoms with E-state index in [1.807, 2.05) is 19.1 Å². The van der Waals surface area contributed by atoms with Gasteiger partial charge in [0.15, 0.2) is 11.5 Å². The Balaban J connectivity index is 1.51. The van der Waals surface area contributed by atoms with Gasteiger partial charge in [0, 0.05) is 23.1 Å². The Hall–Kier alpha value is -3.54. The van der Waals surface area contributed by atoms with Gasteiger partial charge in [-0.2, -0.15) is 0 Å². The lowest BCUT2D eigenvalue weighted by Gasteiger charge is -2.09. The van der Waals surface area contributed by atoms with E-state index < -0.39 is 5.97 Å².